The molecule has 2 amide bonds. The summed E-state index contributed by atoms with van der Waals surface area (Å²) in [6, 6.07) is 13.1. The zero-order valence-corrected chi connectivity index (χ0v) is 17.3. The van der Waals surface area contributed by atoms with Gasteiger partial charge in [0.15, 0.2) is 0 Å². The van der Waals surface area contributed by atoms with Gasteiger partial charge >= 0.3 is 12.0 Å². The van der Waals surface area contributed by atoms with Gasteiger partial charge in [0.25, 0.3) is 0 Å². The van der Waals surface area contributed by atoms with E-state index in [4.69, 9.17) is 9.47 Å². The lowest BCUT2D eigenvalue weighted by molar-refractivity contribution is -0.147. The quantitative estimate of drug-likeness (QED) is 0.682. The first-order valence-corrected chi connectivity index (χ1v) is 10.8. The van der Waals surface area contributed by atoms with E-state index in [-0.39, 0.29) is 17.2 Å². The van der Waals surface area contributed by atoms with Crippen molar-refractivity contribution in [3.05, 3.63) is 71.3 Å². The molecule has 0 aliphatic carbocycles. The van der Waals surface area contributed by atoms with Crippen LogP contribution in [0, 0.1) is 5.92 Å². The number of carbonyl (C=O) groups excluding carboxylic acids is 2. The van der Waals surface area contributed by atoms with Crippen LogP contribution in [-0.4, -0.2) is 34.1 Å². The molecule has 8 nitrogen and oxygen atoms in total. The number of ether oxygens (including phenoxy) is 2. The van der Waals surface area contributed by atoms with Crippen LogP contribution in [0.3, 0.4) is 0 Å². The first kappa shape index (κ1) is 21.4. The highest BCUT2D eigenvalue weighted by molar-refractivity contribution is 7.94. The zero-order chi connectivity index (χ0) is 21.7. The van der Waals surface area contributed by atoms with E-state index in [1.165, 1.54) is 19.2 Å². The molecule has 1 saturated heterocycles. The minimum absolute atomic E-state index is 0.0471. The maximum absolute atomic E-state index is 12.9. The van der Waals surface area contributed by atoms with E-state index in [2.05, 4.69) is 10.6 Å². The summed E-state index contributed by atoms with van der Waals surface area (Å²) in [5.41, 5.74) is 0.513. The molecule has 0 aromatic heterocycles. The Balaban J connectivity index is 2.10. The minimum Gasteiger partial charge on any atom is -0.497 e. The number of methoxy groups -OCH3 is 1. The monoisotopic (exact) mass is 430 g/mol. The molecule has 2 aromatic carbocycles. The first-order valence-electron chi connectivity index (χ1n) is 9.25. The number of urea groups is 1. The predicted molar refractivity (Wildman–Crippen MR) is 109 cm³/mol. The van der Waals surface area contributed by atoms with Crippen LogP contribution in [0.15, 0.2) is 70.6 Å². The second kappa shape index (κ2) is 9.00. The summed E-state index contributed by atoms with van der Waals surface area (Å²) in [6.07, 6.45) is 0. The number of benzene rings is 2. The molecule has 30 heavy (non-hydrogen) atoms. The summed E-state index contributed by atoms with van der Waals surface area (Å²) in [4.78, 5) is 25.2. The fourth-order valence-electron chi connectivity index (χ4n) is 3.20. The lowest BCUT2D eigenvalue weighted by Gasteiger charge is -2.33. The smallest absolute Gasteiger partial charge is 0.319 e. The van der Waals surface area contributed by atoms with Crippen LogP contribution in [0.2, 0.25) is 0 Å². The average molecular weight is 430 g/mol. The van der Waals surface area contributed by atoms with Crippen LogP contribution < -0.4 is 15.4 Å². The van der Waals surface area contributed by atoms with Gasteiger partial charge in [0.05, 0.1) is 30.1 Å². The van der Waals surface area contributed by atoms with Gasteiger partial charge in [-0.05, 0) is 36.8 Å². The van der Waals surface area contributed by atoms with Crippen LogP contribution in [0.25, 0.3) is 0 Å². The fraction of sp³-hybridized carbons (Fsp3) is 0.238. The average Bonchev–Trinajstić information content (AvgIpc) is 2.74. The first-order chi connectivity index (χ1) is 14.4. The maximum atomic E-state index is 12.9. The Morgan fingerprint density at radius 3 is 2.53 bits per heavy atom. The summed E-state index contributed by atoms with van der Waals surface area (Å²) in [6.45, 7) is 1.75. The van der Waals surface area contributed by atoms with Gasteiger partial charge in [0.2, 0.25) is 9.84 Å². The number of rotatable bonds is 6. The van der Waals surface area contributed by atoms with Gasteiger partial charge in [0.1, 0.15) is 11.7 Å². The van der Waals surface area contributed by atoms with Crippen LogP contribution in [0.4, 0.5) is 4.79 Å². The van der Waals surface area contributed by atoms with Gasteiger partial charge in [-0.3, -0.25) is 4.79 Å². The Hall–Kier alpha value is -3.33. The minimum atomic E-state index is -3.92. The van der Waals surface area contributed by atoms with Crippen LogP contribution in [-0.2, 0) is 19.4 Å². The van der Waals surface area contributed by atoms with E-state index in [0.717, 1.165) is 5.41 Å². The molecule has 1 heterocycles. The molecule has 0 unspecified atom stereocenters. The largest absolute Gasteiger partial charge is 0.497 e. The Morgan fingerprint density at radius 1 is 1.13 bits per heavy atom. The standard InChI is InChI=1S/C21H22N2O6S/c1-3-29-20(24)18-17(13-30(26,27)16-10-5-4-6-11-16)22-21(25)23-19(18)14-8-7-9-15(12-14)28-2/h4-13,18-19H,3H2,1-2H3,(H2,22,23,25)/b17-13+/t18-,19+/m0/s1. The zero-order valence-electron chi connectivity index (χ0n) is 16.5. The van der Waals surface area contributed by atoms with Gasteiger partial charge in [-0.25, -0.2) is 13.2 Å². The summed E-state index contributed by atoms with van der Waals surface area (Å²) in [5.74, 6) is -1.22. The molecule has 0 radical (unpaired) electrons. The van der Waals surface area contributed by atoms with E-state index in [1.807, 2.05) is 0 Å². The third-order valence-electron chi connectivity index (χ3n) is 4.56. The number of hydrogen-bond donors (Lipinski definition) is 2. The second-order valence-corrected chi connectivity index (χ2v) is 8.31. The highest BCUT2D eigenvalue weighted by Crippen LogP contribution is 2.33. The molecule has 1 fully saturated rings. The number of esters is 1. The SMILES string of the molecule is CCOC(=O)[C@H]1/C(=C\S(=O)(=O)c2ccccc2)NC(=O)N[C@@H]1c1cccc(OC)c1. The molecule has 1 aliphatic heterocycles. The van der Waals surface area contributed by atoms with Crippen molar-refractivity contribution in [3.8, 4) is 5.75 Å². The molecule has 0 saturated carbocycles. The van der Waals surface area contributed by atoms with Crippen molar-refractivity contribution in [2.24, 2.45) is 5.92 Å². The summed E-state index contributed by atoms with van der Waals surface area (Å²) >= 11 is 0. The topological polar surface area (TPSA) is 111 Å². The molecule has 9 heteroatoms. The lowest BCUT2D eigenvalue weighted by Crippen LogP contribution is -2.51. The van der Waals surface area contributed by atoms with E-state index in [1.54, 1.807) is 49.4 Å². The van der Waals surface area contributed by atoms with Crippen molar-refractivity contribution >= 4 is 21.8 Å². The molecule has 2 atom stereocenters. The predicted octanol–water partition coefficient (Wildman–Crippen LogP) is 2.54. The Bertz CT molecular complexity index is 1070. The second-order valence-electron chi connectivity index (χ2n) is 6.51. The molecule has 158 valence electrons. The molecule has 0 bridgehead atoms. The van der Waals surface area contributed by atoms with E-state index >= 15 is 0 Å². The molecular weight excluding hydrogens is 408 g/mol. The van der Waals surface area contributed by atoms with Gasteiger partial charge in [-0.15, -0.1) is 0 Å². The highest BCUT2D eigenvalue weighted by Gasteiger charge is 2.40. The van der Waals surface area contributed by atoms with Crippen molar-refractivity contribution < 1.29 is 27.5 Å². The molecule has 2 N–H and O–H groups in total. The van der Waals surface area contributed by atoms with Crippen molar-refractivity contribution in [1.29, 1.82) is 0 Å². The van der Waals surface area contributed by atoms with Gasteiger partial charge < -0.3 is 20.1 Å². The Labute approximate surface area is 174 Å². The summed E-state index contributed by atoms with van der Waals surface area (Å²) in [5, 5.41) is 6.06. The van der Waals surface area contributed by atoms with Crippen LogP contribution >= 0.6 is 0 Å². The fourth-order valence-corrected chi connectivity index (χ4v) is 4.42. The highest BCUT2D eigenvalue weighted by atomic mass is 32.2. The molecule has 1 aliphatic rings. The van der Waals surface area contributed by atoms with E-state index in [9.17, 15) is 18.0 Å². The molecule has 2 aromatic rings. The number of amides is 2. The van der Waals surface area contributed by atoms with Crippen molar-refractivity contribution in [2.75, 3.05) is 13.7 Å². The summed E-state index contributed by atoms with van der Waals surface area (Å²) < 4.78 is 36.1. The van der Waals surface area contributed by atoms with E-state index in [0.29, 0.717) is 11.3 Å². The number of carbonyl (C=O) groups is 2. The van der Waals surface area contributed by atoms with Gasteiger partial charge in [-0.1, -0.05) is 30.3 Å². The number of nitrogens with one attached hydrogen (secondary N) is 2. The normalized spacial score (nSPS) is 20.2. The van der Waals surface area contributed by atoms with Crippen molar-refractivity contribution in [1.82, 2.24) is 10.6 Å². The van der Waals surface area contributed by atoms with E-state index < -0.39 is 33.8 Å². The van der Waals surface area contributed by atoms with Crippen molar-refractivity contribution in [2.45, 2.75) is 17.9 Å². The number of sulfone groups is 1. The van der Waals surface area contributed by atoms with Crippen LogP contribution in [0.5, 0.6) is 5.75 Å². The van der Waals surface area contributed by atoms with Crippen LogP contribution in [0.1, 0.15) is 18.5 Å². The Morgan fingerprint density at radius 2 is 1.87 bits per heavy atom. The summed E-state index contributed by atoms with van der Waals surface area (Å²) in [7, 11) is -2.42. The lowest BCUT2D eigenvalue weighted by atomic mass is 9.89. The van der Waals surface area contributed by atoms with Crippen molar-refractivity contribution in [3.63, 3.8) is 0 Å². The molecular formula is C21H22N2O6S. The molecule has 0 spiro atoms. The van der Waals surface area contributed by atoms with Gasteiger partial charge in [0, 0.05) is 5.70 Å². The Kier molecular flexibility index (Phi) is 6.41. The maximum Gasteiger partial charge on any atom is 0.319 e. The number of hydrogen-bond acceptors (Lipinski definition) is 6. The molecule has 3 rings (SSSR count). The third kappa shape index (κ3) is 4.62. The third-order valence-corrected chi connectivity index (χ3v) is 6.05. The van der Waals surface area contributed by atoms with Gasteiger partial charge in [-0.2, -0.15) is 0 Å².